The van der Waals surface area contributed by atoms with Crippen molar-refractivity contribution in [2.75, 3.05) is 44.7 Å². The minimum atomic E-state index is 0.0213. The highest BCUT2D eigenvalue weighted by Crippen LogP contribution is 2.21. The second kappa shape index (κ2) is 9.11. The number of carbonyl (C=O) groups is 1. The molecule has 5 heteroatoms. The van der Waals surface area contributed by atoms with E-state index in [2.05, 4.69) is 66.2 Å². The monoisotopic (exact) mass is 381 g/mol. The molecule has 2 aromatic rings. The summed E-state index contributed by atoms with van der Waals surface area (Å²) in [6.45, 7) is 10.3. The second-order valence-electron chi connectivity index (χ2n) is 7.61. The van der Waals surface area contributed by atoms with Gasteiger partial charge in [-0.15, -0.1) is 0 Å². The normalized spacial score (nSPS) is 15.9. The van der Waals surface area contributed by atoms with E-state index in [0.29, 0.717) is 6.54 Å². The van der Waals surface area contributed by atoms with Gasteiger partial charge in [0.1, 0.15) is 5.75 Å². The molecule has 1 heterocycles. The molecule has 0 aromatic heterocycles. The molecule has 0 bridgehead atoms. The third kappa shape index (κ3) is 5.04. The van der Waals surface area contributed by atoms with Crippen LogP contribution in [0.15, 0.2) is 42.5 Å². The van der Waals surface area contributed by atoms with Gasteiger partial charge < -0.3 is 15.0 Å². The molecule has 0 radical (unpaired) electrons. The molecular formula is C23H31N3O2. The molecule has 1 unspecified atom stereocenters. The summed E-state index contributed by atoms with van der Waals surface area (Å²) >= 11 is 0. The number of piperazine rings is 1. The standard InChI is InChI=1S/C23H31N3O2/c1-17-5-6-18(2)22(15-17)19(3)24-23(27)16-25-11-13-26(14-12-25)20-7-9-21(28-4)10-8-20/h5-10,15,19H,11-14,16H2,1-4H3,(H,24,27). The van der Waals surface area contributed by atoms with Crippen LogP contribution < -0.4 is 15.0 Å². The molecule has 1 fully saturated rings. The van der Waals surface area contributed by atoms with Crippen LogP contribution in [0.2, 0.25) is 0 Å². The summed E-state index contributed by atoms with van der Waals surface area (Å²) in [4.78, 5) is 17.1. The Bertz CT molecular complexity index is 796. The van der Waals surface area contributed by atoms with Gasteiger partial charge in [0.25, 0.3) is 0 Å². The molecule has 5 nitrogen and oxygen atoms in total. The summed E-state index contributed by atoms with van der Waals surface area (Å²) in [6, 6.07) is 14.6. The van der Waals surface area contributed by atoms with E-state index in [1.54, 1.807) is 7.11 Å². The van der Waals surface area contributed by atoms with Crippen LogP contribution in [0.1, 0.15) is 29.7 Å². The lowest BCUT2D eigenvalue weighted by Gasteiger charge is -2.36. The lowest BCUT2D eigenvalue weighted by Crippen LogP contribution is -2.49. The molecular weight excluding hydrogens is 350 g/mol. The Balaban J connectivity index is 1.48. The largest absolute Gasteiger partial charge is 0.497 e. The van der Waals surface area contributed by atoms with Gasteiger partial charge in [-0.3, -0.25) is 9.69 Å². The van der Waals surface area contributed by atoms with Crippen molar-refractivity contribution in [2.24, 2.45) is 0 Å². The molecule has 2 aromatic carbocycles. The number of carbonyl (C=O) groups excluding carboxylic acids is 1. The molecule has 1 amide bonds. The van der Waals surface area contributed by atoms with Crippen LogP contribution in [-0.2, 0) is 4.79 Å². The van der Waals surface area contributed by atoms with E-state index in [4.69, 9.17) is 4.74 Å². The number of amides is 1. The number of anilines is 1. The van der Waals surface area contributed by atoms with Crippen LogP contribution in [0.4, 0.5) is 5.69 Å². The van der Waals surface area contributed by atoms with E-state index >= 15 is 0 Å². The Hall–Kier alpha value is -2.53. The summed E-state index contributed by atoms with van der Waals surface area (Å²) in [5.74, 6) is 0.961. The first kappa shape index (κ1) is 20.2. The highest BCUT2D eigenvalue weighted by Gasteiger charge is 2.20. The van der Waals surface area contributed by atoms with Crippen molar-refractivity contribution in [3.8, 4) is 5.75 Å². The number of methoxy groups -OCH3 is 1. The van der Waals surface area contributed by atoms with Crippen LogP contribution >= 0.6 is 0 Å². The summed E-state index contributed by atoms with van der Waals surface area (Å²) < 4.78 is 5.22. The van der Waals surface area contributed by atoms with Crippen LogP contribution in [-0.4, -0.2) is 50.6 Å². The molecule has 1 aliphatic rings. The highest BCUT2D eigenvalue weighted by atomic mass is 16.5. The van der Waals surface area contributed by atoms with Gasteiger partial charge >= 0.3 is 0 Å². The number of hydrogen-bond donors (Lipinski definition) is 1. The van der Waals surface area contributed by atoms with Gasteiger partial charge in [0.15, 0.2) is 0 Å². The van der Waals surface area contributed by atoms with Crippen molar-refractivity contribution in [1.82, 2.24) is 10.2 Å². The first-order chi connectivity index (χ1) is 13.5. The predicted molar refractivity (Wildman–Crippen MR) is 114 cm³/mol. The average molecular weight is 382 g/mol. The lowest BCUT2D eigenvalue weighted by molar-refractivity contribution is -0.123. The van der Waals surface area contributed by atoms with E-state index in [0.717, 1.165) is 31.9 Å². The Morgan fingerprint density at radius 2 is 1.75 bits per heavy atom. The average Bonchev–Trinajstić information content (AvgIpc) is 2.70. The molecule has 1 saturated heterocycles. The number of hydrogen-bond acceptors (Lipinski definition) is 4. The number of benzene rings is 2. The summed E-state index contributed by atoms with van der Waals surface area (Å²) in [5.41, 5.74) is 4.83. The van der Waals surface area contributed by atoms with Gasteiger partial charge in [-0.25, -0.2) is 0 Å². The summed E-state index contributed by atoms with van der Waals surface area (Å²) in [7, 11) is 1.68. The Labute approximate surface area is 168 Å². The fourth-order valence-corrected chi connectivity index (χ4v) is 3.75. The van der Waals surface area contributed by atoms with Crippen LogP contribution in [0, 0.1) is 13.8 Å². The first-order valence-electron chi connectivity index (χ1n) is 9.94. The molecule has 0 aliphatic carbocycles. The number of ether oxygens (including phenoxy) is 1. The lowest BCUT2D eigenvalue weighted by atomic mass is 10.00. The minimum absolute atomic E-state index is 0.0213. The van der Waals surface area contributed by atoms with Gasteiger partial charge in [0.2, 0.25) is 5.91 Å². The van der Waals surface area contributed by atoms with Gasteiger partial charge in [0.05, 0.1) is 19.7 Å². The van der Waals surface area contributed by atoms with Gasteiger partial charge in [0, 0.05) is 31.9 Å². The zero-order valence-electron chi connectivity index (χ0n) is 17.4. The molecule has 1 aliphatic heterocycles. The number of nitrogens with one attached hydrogen (secondary N) is 1. The Kier molecular flexibility index (Phi) is 6.57. The molecule has 0 saturated carbocycles. The van der Waals surface area contributed by atoms with E-state index < -0.39 is 0 Å². The van der Waals surface area contributed by atoms with Gasteiger partial charge in [-0.05, 0) is 56.2 Å². The van der Waals surface area contributed by atoms with Crippen molar-refractivity contribution in [2.45, 2.75) is 26.8 Å². The molecule has 0 spiro atoms. The SMILES string of the molecule is COc1ccc(N2CCN(CC(=O)NC(C)c3cc(C)ccc3C)CC2)cc1. The second-order valence-corrected chi connectivity index (χ2v) is 7.61. The third-order valence-electron chi connectivity index (χ3n) is 5.46. The van der Waals surface area contributed by atoms with E-state index in [1.165, 1.54) is 22.4 Å². The summed E-state index contributed by atoms with van der Waals surface area (Å²) in [5, 5.41) is 3.16. The van der Waals surface area contributed by atoms with Gasteiger partial charge in [-0.2, -0.15) is 0 Å². The first-order valence-corrected chi connectivity index (χ1v) is 9.94. The maximum atomic E-state index is 12.5. The zero-order valence-corrected chi connectivity index (χ0v) is 17.4. The van der Waals surface area contributed by atoms with Crippen LogP contribution in [0.25, 0.3) is 0 Å². The van der Waals surface area contributed by atoms with Crippen molar-refractivity contribution >= 4 is 11.6 Å². The predicted octanol–water partition coefficient (Wildman–Crippen LogP) is 3.31. The topological polar surface area (TPSA) is 44.8 Å². The van der Waals surface area contributed by atoms with E-state index in [-0.39, 0.29) is 11.9 Å². The smallest absolute Gasteiger partial charge is 0.234 e. The molecule has 150 valence electrons. The van der Waals surface area contributed by atoms with Gasteiger partial charge in [-0.1, -0.05) is 23.8 Å². The highest BCUT2D eigenvalue weighted by molar-refractivity contribution is 5.78. The maximum Gasteiger partial charge on any atom is 0.234 e. The fraction of sp³-hybridized carbons (Fsp3) is 0.435. The maximum absolute atomic E-state index is 12.5. The Morgan fingerprint density at radius 1 is 1.07 bits per heavy atom. The molecule has 3 rings (SSSR count). The number of rotatable bonds is 6. The third-order valence-corrected chi connectivity index (χ3v) is 5.46. The van der Waals surface area contributed by atoms with E-state index in [1.807, 2.05) is 12.1 Å². The zero-order chi connectivity index (χ0) is 20.1. The fourth-order valence-electron chi connectivity index (χ4n) is 3.75. The quantitative estimate of drug-likeness (QED) is 0.834. The summed E-state index contributed by atoms with van der Waals surface area (Å²) in [6.07, 6.45) is 0. The minimum Gasteiger partial charge on any atom is -0.497 e. The van der Waals surface area contributed by atoms with Crippen LogP contribution in [0.5, 0.6) is 5.75 Å². The van der Waals surface area contributed by atoms with Crippen molar-refractivity contribution < 1.29 is 9.53 Å². The van der Waals surface area contributed by atoms with Crippen LogP contribution in [0.3, 0.4) is 0 Å². The van der Waals surface area contributed by atoms with Crippen molar-refractivity contribution in [3.05, 3.63) is 59.2 Å². The number of nitrogens with zero attached hydrogens (tertiary/aromatic N) is 2. The Morgan fingerprint density at radius 3 is 2.39 bits per heavy atom. The molecule has 28 heavy (non-hydrogen) atoms. The molecule has 1 N–H and O–H groups in total. The number of aryl methyl sites for hydroxylation is 2. The van der Waals surface area contributed by atoms with Crippen molar-refractivity contribution in [3.63, 3.8) is 0 Å². The molecule has 1 atom stereocenters. The van der Waals surface area contributed by atoms with E-state index in [9.17, 15) is 4.79 Å². The van der Waals surface area contributed by atoms with Crippen molar-refractivity contribution in [1.29, 1.82) is 0 Å².